The van der Waals surface area contributed by atoms with E-state index in [1.807, 2.05) is 19.1 Å². The molecule has 1 saturated heterocycles. The molecule has 1 heterocycles. The van der Waals surface area contributed by atoms with Crippen molar-refractivity contribution in [2.75, 3.05) is 25.6 Å². The number of carbonyl (C=O) groups is 1. The summed E-state index contributed by atoms with van der Waals surface area (Å²) in [6.07, 6.45) is 0.840. The quantitative estimate of drug-likeness (QED) is 0.917. The molecule has 1 aliphatic heterocycles. The smallest absolute Gasteiger partial charge is 0.245 e. The zero-order chi connectivity index (χ0) is 14.6. The fraction of sp³-hybridized carbons (Fsp3) is 0.467. The molecule has 0 unspecified atom stereocenters. The summed E-state index contributed by atoms with van der Waals surface area (Å²) in [4.78, 5) is 12.5. The van der Waals surface area contributed by atoms with Crippen molar-refractivity contribution in [3.63, 3.8) is 0 Å². The Bertz CT molecular complexity index is 543. The summed E-state index contributed by atoms with van der Waals surface area (Å²) in [6.45, 7) is 2.81. The van der Waals surface area contributed by atoms with E-state index in [0.717, 1.165) is 5.56 Å². The van der Waals surface area contributed by atoms with Crippen molar-refractivity contribution in [3.05, 3.63) is 23.8 Å². The molecule has 0 bridgehead atoms. The Labute approximate surface area is 118 Å². The lowest BCUT2D eigenvalue weighted by atomic mass is 9.81. The van der Waals surface area contributed by atoms with Gasteiger partial charge in [-0.05, 0) is 37.5 Å². The summed E-state index contributed by atoms with van der Waals surface area (Å²) in [5.41, 5.74) is 0.602. The lowest BCUT2D eigenvalue weighted by Crippen LogP contribution is -2.40. The molecule has 0 atom stereocenters. The lowest BCUT2D eigenvalue weighted by molar-refractivity contribution is -0.126. The van der Waals surface area contributed by atoms with Gasteiger partial charge in [0.05, 0.1) is 18.9 Å². The number of aryl methyl sites for hydroxylation is 1. The predicted octanol–water partition coefficient (Wildman–Crippen LogP) is 2.26. The van der Waals surface area contributed by atoms with Crippen LogP contribution in [0.25, 0.3) is 0 Å². The zero-order valence-corrected chi connectivity index (χ0v) is 11.7. The summed E-state index contributed by atoms with van der Waals surface area (Å²) in [5, 5.41) is 12.2. The minimum absolute atomic E-state index is 0.285. The second kappa shape index (κ2) is 5.93. The van der Waals surface area contributed by atoms with Crippen LogP contribution in [0.2, 0.25) is 0 Å². The van der Waals surface area contributed by atoms with Gasteiger partial charge in [0.1, 0.15) is 11.2 Å². The Kier molecular flexibility index (Phi) is 4.26. The van der Waals surface area contributed by atoms with Gasteiger partial charge in [0.2, 0.25) is 5.91 Å². The highest BCUT2D eigenvalue weighted by Gasteiger charge is 2.40. The molecule has 1 aromatic rings. The van der Waals surface area contributed by atoms with E-state index in [0.29, 0.717) is 37.5 Å². The number of rotatable bonds is 3. The van der Waals surface area contributed by atoms with Crippen LogP contribution < -0.4 is 10.1 Å². The second-order valence-electron chi connectivity index (χ2n) is 4.96. The first kappa shape index (κ1) is 14.4. The van der Waals surface area contributed by atoms with Gasteiger partial charge in [0.25, 0.3) is 0 Å². The highest BCUT2D eigenvalue weighted by molar-refractivity contribution is 5.98. The Morgan fingerprint density at radius 2 is 2.15 bits per heavy atom. The molecule has 1 aromatic carbocycles. The third kappa shape index (κ3) is 2.75. The number of carbonyl (C=O) groups excluding carboxylic acids is 1. The molecule has 1 fully saturated rings. The minimum Gasteiger partial charge on any atom is -0.495 e. The van der Waals surface area contributed by atoms with E-state index in [2.05, 4.69) is 11.4 Å². The fourth-order valence-corrected chi connectivity index (χ4v) is 2.27. The van der Waals surface area contributed by atoms with Crippen LogP contribution in [-0.4, -0.2) is 26.2 Å². The summed E-state index contributed by atoms with van der Waals surface area (Å²) >= 11 is 0. The van der Waals surface area contributed by atoms with Gasteiger partial charge >= 0.3 is 0 Å². The Morgan fingerprint density at radius 3 is 2.75 bits per heavy atom. The average molecular weight is 274 g/mol. The van der Waals surface area contributed by atoms with E-state index in [9.17, 15) is 10.1 Å². The minimum atomic E-state index is -1.01. The number of methoxy groups -OCH3 is 1. The summed E-state index contributed by atoms with van der Waals surface area (Å²) in [6, 6.07) is 7.70. The topological polar surface area (TPSA) is 71.3 Å². The molecule has 0 spiro atoms. The summed E-state index contributed by atoms with van der Waals surface area (Å²) < 4.78 is 10.5. The van der Waals surface area contributed by atoms with Crippen LogP contribution in [0.1, 0.15) is 18.4 Å². The van der Waals surface area contributed by atoms with Gasteiger partial charge in [-0.1, -0.05) is 6.07 Å². The molecule has 1 N–H and O–H groups in total. The number of amides is 1. The molecular formula is C15H18N2O3. The van der Waals surface area contributed by atoms with Gasteiger partial charge in [-0.15, -0.1) is 0 Å². The maximum absolute atomic E-state index is 12.5. The number of nitrogens with one attached hydrogen (secondary N) is 1. The van der Waals surface area contributed by atoms with Gasteiger partial charge in [-0.25, -0.2) is 0 Å². The van der Waals surface area contributed by atoms with Crippen LogP contribution >= 0.6 is 0 Å². The highest BCUT2D eigenvalue weighted by Crippen LogP contribution is 2.33. The largest absolute Gasteiger partial charge is 0.495 e. The Morgan fingerprint density at radius 1 is 1.45 bits per heavy atom. The van der Waals surface area contributed by atoms with Gasteiger partial charge in [-0.2, -0.15) is 5.26 Å². The van der Waals surface area contributed by atoms with Crippen molar-refractivity contribution < 1.29 is 14.3 Å². The van der Waals surface area contributed by atoms with Crippen LogP contribution in [-0.2, 0) is 9.53 Å². The number of ether oxygens (including phenoxy) is 2. The van der Waals surface area contributed by atoms with E-state index in [1.165, 1.54) is 0 Å². The fourth-order valence-electron chi connectivity index (χ4n) is 2.27. The normalized spacial score (nSPS) is 17.1. The molecule has 5 heteroatoms. The Hall–Kier alpha value is -2.06. The molecule has 0 radical (unpaired) electrons. The molecule has 1 amide bonds. The van der Waals surface area contributed by atoms with Crippen LogP contribution in [0.4, 0.5) is 5.69 Å². The van der Waals surface area contributed by atoms with Gasteiger partial charge in [-0.3, -0.25) is 4.79 Å². The third-order valence-electron chi connectivity index (χ3n) is 3.60. The van der Waals surface area contributed by atoms with Gasteiger partial charge < -0.3 is 14.8 Å². The van der Waals surface area contributed by atoms with Crippen LogP contribution in [0.5, 0.6) is 5.75 Å². The van der Waals surface area contributed by atoms with Crippen molar-refractivity contribution in [2.24, 2.45) is 5.41 Å². The number of anilines is 1. The van der Waals surface area contributed by atoms with Gasteiger partial charge in [0.15, 0.2) is 0 Å². The first-order valence-electron chi connectivity index (χ1n) is 6.56. The maximum Gasteiger partial charge on any atom is 0.245 e. The highest BCUT2D eigenvalue weighted by atomic mass is 16.5. The molecular weight excluding hydrogens is 256 g/mol. The monoisotopic (exact) mass is 274 g/mol. The van der Waals surface area contributed by atoms with Crippen molar-refractivity contribution in [3.8, 4) is 11.8 Å². The van der Waals surface area contributed by atoms with E-state index in [-0.39, 0.29) is 5.91 Å². The molecule has 5 nitrogen and oxygen atoms in total. The zero-order valence-electron chi connectivity index (χ0n) is 11.7. The van der Waals surface area contributed by atoms with E-state index in [1.54, 1.807) is 13.2 Å². The SMILES string of the molecule is COc1ccc(C)cc1NC(=O)C1(C#N)CCOCC1. The van der Waals surface area contributed by atoms with E-state index in [4.69, 9.17) is 9.47 Å². The first-order chi connectivity index (χ1) is 9.61. The van der Waals surface area contributed by atoms with E-state index < -0.39 is 5.41 Å². The molecule has 0 saturated carbocycles. The molecule has 0 aliphatic carbocycles. The molecule has 106 valence electrons. The van der Waals surface area contributed by atoms with Gasteiger partial charge in [0, 0.05) is 13.2 Å². The molecule has 0 aromatic heterocycles. The van der Waals surface area contributed by atoms with Crippen molar-refractivity contribution in [1.29, 1.82) is 5.26 Å². The standard InChI is InChI=1S/C15H18N2O3/c1-11-3-4-13(19-2)12(9-11)17-14(18)15(10-16)5-7-20-8-6-15/h3-4,9H,5-8H2,1-2H3,(H,17,18). The van der Waals surface area contributed by atoms with Crippen molar-refractivity contribution in [2.45, 2.75) is 19.8 Å². The number of hydrogen-bond acceptors (Lipinski definition) is 4. The van der Waals surface area contributed by atoms with Crippen molar-refractivity contribution >= 4 is 11.6 Å². The second-order valence-corrected chi connectivity index (χ2v) is 4.96. The van der Waals surface area contributed by atoms with Crippen LogP contribution in [0, 0.1) is 23.7 Å². The molecule has 2 rings (SSSR count). The van der Waals surface area contributed by atoms with Crippen LogP contribution in [0.15, 0.2) is 18.2 Å². The number of benzene rings is 1. The number of nitriles is 1. The number of nitrogens with zero attached hydrogens (tertiary/aromatic N) is 1. The molecule has 20 heavy (non-hydrogen) atoms. The lowest BCUT2D eigenvalue weighted by Gasteiger charge is -2.29. The average Bonchev–Trinajstić information content (AvgIpc) is 2.48. The van der Waals surface area contributed by atoms with Crippen LogP contribution in [0.3, 0.4) is 0 Å². The first-order valence-corrected chi connectivity index (χ1v) is 6.56. The summed E-state index contributed by atoms with van der Waals surface area (Å²) in [7, 11) is 1.55. The Balaban J connectivity index is 2.23. The number of hydrogen-bond donors (Lipinski definition) is 1. The van der Waals surface area contributed by atoms with E-state index >= 15 is 0 Å². The van der Waals surface area contributed by atoms with Crippen molar-refractivity contribution in [1.82, 2.24) is 0 Å². The third-order valence-corrected chi connectivity index (χ3v) is 3.60. The molecule has 1 aliphatic rings. The maximum atomic E-state index is 12.5. The summed E-state index contributed by atoms with van der Waals surface area (Å²) in [5.74, 6) is 0.302. The predicted molar refractivity (Wildman–Crippen MR) is 74.5 cm³/mol.